The third kappa shape index (κ3) is 4.95. The highest BCUT2D eigenvalue weighted by Gasteiger charge is 2.37. The van der Waals surface area contributed by atoms with Gasteiger partial charge in [0, 0.05) is 38.2 Å². The molecule has 0 unspecified atom stereocenters. The highest BCUT2D eigenvalue weighted by Crippen LogP contribution is 2.33. The highest BCUT2D eigenvalue weighted by atomic mass is 16.5. The van der Waals surface area contributed by atoms with Crippen molar-refractivity contribution in [2.45, 2.75) is 52.4 Å². The van der Waals surface area contributed by atoms with Crippen LogP contribution in [0, 0.1) is 11.8 Å². The van der Waals surface area contributed by atoms with Gasteiger partial charge in [-0.3, -0.25) is 4.90 Å². The van der Waals surface area contributed by atoms with Gasteiger partial charge in [-0.2, -0.15) is 0 Å². The van der Waals surface area contributed by atoms with Crippen LogP contribution in [0.25, 0.3) is 0 Å². The molecule has 1 fully saturated rings. The predicted molar refractivity (Wildman–Crippen MR) is 97.2 cm³/mol. The first-order chi connectivity index (χ1) is 11.4. The summed E-state index contributed by atoms with van der Waals surface area (Å²) in [6.07, 6.45) is 1.91. The van der Waals surface area contributed by atoms with Crippen molar-refractivity contribution in [1.29, 1.82) is 0 Å². The molecule has 0 aromatic heterocycles. The maximum atomic E-state index is 10.7. The summed E-state index contributed by atoms with van der Waals surface area (Å²) in [6, 6.07) is 6.32. The van der Waals surface area contributed by atoms with E-state index in [1.54, 1.807) is 14.2 Å². The summed E-state index contributed by atoms with van der Waals surface area (Å²) in [5.41, 5.74) is 1.81. The number of ether oxygens (including phenoxy) is 2. The van der Waals surface area contributed by atoms with Gasteiger partial charge >= 0.3 is 0 Å². The van der Waals surface area contributed by atoms with Gasteiger partial charge in [-0.05, 0) is 43.4 Å². The first-order valence-corrected chi connectivity index (χ1v) is 8.95. The van der Waals surface area contributed by atoms with Crippen LogP contribution < -0.4 is 4.74 Å². The molecule has 0 spiro atoms. The van der Waals surface area contributed by atoms with Crippen molar-refractivity contribution >= 4 is 0 Å². The maximum Gasteiger partial charge on any atom is 0.124 e. The van der Waals surface area contributed by atoms with E-state index in [1.807, 2.05) is 13.0 Å². The largest absolute Gasteiger partial charge is 0.496 e. The zero-order chi connectivity index (χ0) is 17.7. The van der Waals surface area contributed by atoms with Crippen molar-refractivity contribution in [3.63, 3.8) is 0 Å². The summed E-state index contributed by atoms with van der Waals surface area (Å²) in [7, 11) is 3.40. The molecule has 1 saturated heterocycles. The Balaban J connectivity index is 2.06. The Morgan fingerprint density at radius 1 is 1.33 bits per heavy atom. The van der Waals surface area contributed by atoms with Gasteiger partial charge in [-0.15, -0.1) is 0 Å². The van der Waals surface area contributed by atoms with Crippen LogP contribution in [0.1, 0.15) is 44.7 Å². The van der Waals surface area contributed by atoms with Crippen molar-refractivity contribution in [3.8, 4) is 5.75 Å². The second kappa shape index (κ2) is 8.32. The third-order valence-electron chi connectivity index (χ3n) is 5.10. The van der Waals surface area contributed by atoms with E-state index in [9.17, 15) is 5.11 Å². The Morgan fingerprint density at radius 2 is 2.08 bits per heavy atom. The zero-order valence-corrected chi connectivity index (χ0v) is 15.8. The van der Waals surface area contributed by atoms with Crippen LogP contribution in [0.2, 0.25) is 0 Å². The quantitative estimate of drug-likeness (QED) is 0.828. The van der Waals surface area contributed by atoms with E-state index >= 15 is 0 Å². The molecule has 1 N–H and O–H groups in total. The molecule has 0 saturated carbocycles. The second-order valence-corrected chi connectivity index (χ2v) is 7.75. The number of rotatable bonds is 7. The van der Waals surface area contributed by atoms with E-state index in [2.05, 4.69) is 30.9 Å². The standard InChI is InChI=1S/C20H33NO3/c1-15(2)10-18-13-21(9-8-20(18,3)22)12-16-6-7-19(24-5)17(11-16)14-23-4/h6-7,11,15,18,22H,8-10,12-14H2,1-5H3/t18-,20+/m1/s1. The Hall–Kier alpha value is -1.10. The molecule has 4 heteroatoms. The summed E-state index contributed by atoms with van der Waals surface area (Å²) in [5.74, 6) is 1.82. The maximum absolute atomic E-state index is 10.7. The van der Waals surface area contributed by atoms with Gasteiger partial charge in [0.15, 0.2) is 0 Å². The summed E-state index contributed by atoms with van der Waals surface area (Å²) < 4.78 is 10.7. The molecule has 2 atom stereocenters. The lowest BCUT2D eigenvalue weighted by Gasteiger charge is -2.43. The van der Waals surface area contributed by atoms with Gasteiger partial charge in [-0.1, -0.05) is 19.9 Å². The van der Waals surface area contributed by atoms with Crippen LogP contribution in [0.4, 0.5) is 0 Å². The molecule has 0 amide bonds. The van der Waals surface area contributed by atoms with Crippen LogP contribution in [0.15, 0.2) is 18.2 Å². The fourth-order valence-corrected chi connectivity index (χ4v) is 3.69. The fourth-order valence-electron chi connectivity index (χ4n) is 3.69. The molecule has 1 aromatic carbocycles. The predicted octanol–water partition coefficient (Wildman–Crippen LogP) is 3.46. The van der Waals surface area contributed by atoms with Gasteiger partial charge in [0.1, 0.15) is 5.75 Å². The molecular weight excluding hydrogens is 302 g/mol. The average molecular weight is 335 g/mol. The van der Waals surface area contributed by atoms with Crippen molar-refractivity contribution in [2.75, 3.05) is 27.3 Å². The lowest BCUT2D eigenvalue weighted by Crippen LogP contribution is -2.50. The number of hydrogen-bond donors (Lipinski definition) is 1. The Labute approximate surface area is 146 Å². The molecule has 2 rings (SSSR count). The van der Waals surface area contributed by atoms with Gasteiger partial charge in [0.2, 0.25) is 0 Å². The normalized spacial score (nSPS) is 25.2. The number of aliphatic hydroxyl groups is 1. The smallest absolute Gasteiger partial charge is 0.124 e. The van der Waals surface area contributed by atoms with E-state index in [1.165, 1.54) is 5.56 Å². The Kier molecular flexibility index (Phi) is 6.67. The van der Waals surface area contributed by atoms with Crippen molar-refractivity contribution in [2.24, 2.45) is 11.8 Å². The molecule has 136 valence electrons. The first-order valence-electron chi connectivity index (χ1n) is 8.95. The highest BCUT2D eigenvalue weighted by molar-refractivity contribution is 5.37. The molecular formula is C20H33NO3. The third-order valence-corrected chi connectivity index (χ3v) is 5.10. The molecule has 24 heavy (non-hydrogen) atoms. The first kappa shape index (κ1) is 19.2. The van der Waals surface area contributed by atoms with Gasteiger partial charge in [-0.25, -0.2) is 0 Å². The minimum absolute atomic E-state index is 0.336. The topological polar surface area (TPSA) is 41.9 Å². The van der Waals surface area contributed by atoms with E-state index in [-0.39, 0.29) is 0 Å². The minimum Gasteiger partial charge on any atom is -0.496 e. The van der Waals surface area contributed by atoms with E-state index in [0.29, 0.717) is 18.4 Å². The lowest BCUT2D eigenvalue weighted by molar-refractivity contribution is -0.0664. The Morgan fingerprint density at radius 3 is 2.71 bits per heavy atom. The molecule has 1 aromatic rings. The van der Waals surface area contributed by atoms with Crippen LogP contribution in [0.3, 0.4) is 0 Å². The number of benzene rings is 1. The minimum atomic E-state index is -0.540. The summed E-state index contributed by atoms with van der Waals surface area (Å²) in [4.78, 5) is 2.46. The number of methoxy groups -OCH3 is 2. The second-order valence-electron chi connectivity index (χ2n) is 7.75. The van der Waals surface area contributed by atoms with Crippen LogP contribution in [-0.4, -0.2) is 42.9 Å². The van der Waals surface area contributed by atoms with Gasteiger partial charge in [0.25, 0.3) is 0 Å². The van der Waals surface area contributed by atoms with Crippen molar-refractivity contribution in [1.82, 2.24) is 4.90 Å². The lowest BCUT2D eigenvalue weighted by atomic mass is 9.78. The van der Waals surface area contributed by atoms with Crippen LogP contribution in [-0.2, 0) is 17.9 Å². The molecule has 1 aliphatic heterocycles. The number of likely N-dealkylation sites (tertiary alicyclic amines) is 1. The van der Waals surface area contributed by atoms with Gasteiger partial charge < -0.3 is 14.6 Å². The zero-order valence-electron chi connectivity index (χ0n) is 15.8. The van der Waals surface area contributed by atoms with Crippen LogP contribution in [0.5, 0.6) is 5.75 Å². The monoisotopic (exact) mass is 335 g/mol. The van der Waals surface area contributed by atoms with Crippen molar-refractivity contribution < 1.29 is 14.6 Å². The van der Waals surface area contributed by atoms with Crippen LogP contribution >= 0.6 is 0 Å². The molecule has 4 nitrogen and oxygen atoms in total. The molecule has 0 radical (unpaired) electrons. The summed E-state index contributed by atoms with van der Waals surface area (Å²) >= 11 is 0. The number of hydrogen-bond acceptors (Lipinski definition) is 4. The van der Waals surface area contributed by atoms with Crippen molar-refractivity contribution in [3.05, 3.63) is 29.3 Å². The van der Waals surface area contributed by atoms with E-state index in [4.69, 9.17) is 9.47 Å². The van der Waals surface area contributed by atoms with E-state index < -0.39 is 5.60 Å². The fraction of sp³-hybridized carbons (Fsp3) is 0.700. The summed E-state index contributed by atoms with van der Waals surface area (Å²) in [6.45, 7) is 9.82. The van der Waals surface area contributed by atoms with E-state index in [0.717, 1.165) is 43.8 Å². The molecule has 1 heterocycles. The SMILES string of the molecule is COCc1cc(CN2CC[C@](C)(O)[C@H](CC(C)C)C2)ccc1OC. The molecule has 0 bridgehead atoms. The molecule has 0 aliphatic carbocycles. The summed E-state index contributed by atoms with van der Waals surface area (Å²) in [5, 5.41) is 10.7. The number of piperidine rings is 1. The Bertz CT molecular complexity index is 528. The average Bonchev–Trinajstić information content (AvgIpc) is 2.51. The molecule has 1 aliphatic rings. The van der Waals surface area contributed by atoms with Gasteiger partial charge in [0.05, 0.1) is 19.3 Å². The number of nitrogens with zero attached hydrogens (tertiary/aromatic N) is 1.